The van der Waals surface area contributed by atoms with E-state index < -0.39 is 0 Å². The van der Waals surface area contributed by atoms with E-state index in [4.69, 9.17) is 4.74 Å². The number of halogens is 1. The second-order valence-electron chi connectivity index (χ2n) is 3.53. The first-order valence-electron chi connectivity index (χ1n) is 5.23. The minimum atomic E-state index is 0.795. The molecule has 0 unspecified atom stereocenters. The normalized spacial score (nSPS) is 10.9. The summed E-state index contributed by atoms with van der Waals surface area (Å²) in [4.78, 5) is 2.26. The molecule has 1 aromatic carbocycles. The summed E-state index contributed by atoms with van der Waals surface area (Å²) in [5.74, 6) is 0. The van der Waals surface area contributed by atoms with E-state index in [9.17, 15) is 0 Å². The molecule has 0 spiro atoms. The van der Waals surface area contributed by atoms with Gasteiger partial charge in [0.1, 0.15) is 0 Å². The molecular formula is C12H18BrNO. The maximum Gasteiger partial charge on any atom is 0.0593 e. The van der Waals surface area contributed by atoms with Crippen molar-refractivity contribution in [2.75, 3.05) is 26.8 Å². The van der Waals surface area contributed by atoms with Crippen LogP contribution < -0.4 is 0 Å². The highest BCUT2D eigenvalue weighted by Gasteiger charge is 2.02. The Morgan fingerprint density at radius 2 is 2.07 bits per heavy atom. The zero-order valence-electron chi connectivity index (χ0n) is 9.37. The van der Waals surface area contributed by atoms with Crippen LogP contribution in [0.2, 0.25) is 0 Å². The summed E-state index contributed by atoms with van der Waals surface area (Å²) in [7, 11) is 2.11. The second kappa shape index (κ2) is 6.99. The first-order valence-corrected chi connectivity index (χ1v) is 6.03. The molecule has 0 aliphatic carbocycles. The zero-order chi connectivity index (χ0) is 11.1. The van der Waals surface area contributed by atoms with Crippen LogP contribution in [0.25, 0.3) is 0 Å². The Bertz CT molecular complexity index is 291. The fraction of sp³-hybridized carbons (Fsp3) is 0.500. The minimum Gasteiger partial charge on any atom is -0.380 e. The van der Waals surface area contributed by atoms with E-state index in [1.165, 1.54) is 10.0 Å². The first-order chi connectivity index (χ1) is 7.24. The zero-order valence-corrected chi connectivity index (χ0v) is 11.0. The van der Waals surface area contributed by atoms with E-state index in [2.05, 4.69) is 46.1 Å². The fourth-order valence-electron chi connectivity index (χ4n) is 1.36. The predicted octanol–water partition coefficient (Wildman–Crippen LogP) is 2.92. The van der Waals surface area contributed by atoms with Gasteiger partial charge >= 0.3 is 0 Å². The summed E-state index contributed by atoms with van der Waals surface area (Å²) in [6, 6.07) is 8.32. The van der Waals surface area contributed by atoms with Crippen molar-refractivity contribution in [3.05, 3.63) is 34.3 Å². The largest absolute Gasteiger partial charge is 0.380 e. The van der Waals surface area contributed by atoms with Crippen molar-refractivity contribution < 1.29 is 4.74 Å². The molecule has 3 heteroatoms. The van der Waals surface area contributed by atoms with Crippen molar-refractivity contribution in [3.8, 4) is 0 Å². The smallest absolute Gasteiger partial charge is 0.0593 e. The van der Waals surface area contributed by atoms with Gasteiger partial charge in [-0.05, 0) is 25.6 Å². The average Bonchev–Trinajstić information content (AvgIpc) is 2.22. The lowest BCUT2D eigenvalue weighted by atomic mass is 10.2. The molecule has 0 fully saturated rings. The molecular weight excluding hydrogens is 254 g/mol. The maximum absolute atomic E-state index is 5.32. The fourth-order valence-corrected chi connectivity index (χ4v) is 1.77. The summed E-state index contributed by atoms with van der Waals surface area (Å²) in [5, 5.41) is 0. The number of hydrogen-bond donors (Lipinski definition) is 0. The van der Waals surface area contributed by atoms with Gasteiger partial charge in [0.25, 0.3) is 0 Å². The Labute approximate surface area is 100 Å². The molecule has 0 atom stereocenters. The third-order valence-electron chi connectivity index (χ3n) is 2.22. The highest BCUT2D eigenvalue weighted by Crippen LogP contribution is 2.16. The monoisotopic (exact) mass is 271 g/mol. The third-order valence-corrected chi connectivity index (χ3v) is 2.99. The van der Waals surface area contributed by atoms with Crippen LogP contribution in [0.4, 0.5) is 0 Å². The Hall–Kier alpha value is -0.380. The maximum atomic E-state index is 5.32. The molecule has 0 bridgehead atoms. The van der Waals surface area contributed by atoms with Crippen LogP contribution in [-0.2, 0) is 11.3 Å². The van der Waals surface area contributed by atoms with Gasteiger partial charge in [-0.1, -0.05) is 34.1 Å². The quantitative estimate of drug-likeness (QED) is 0.738. The van der Waals surface area contributed by atoms with E-state index >= 15 is 0 Å². The molecule has 0 saturated carbocycles. The average molecular weight is 272 g/mol. The Morgan fingerprint density at radius 3 is 2.73 bits per heavy atom. The van der Waals surface area contributed by atoms with Gasteiger partial charge in [-0.2, -0.15) is 0 Å². The van der Waals surface area contributed by atoms with E-state index in [0.717, 1.165) is 26.3 Å². The van der Waals surface area contributed by atoms with Gasteiger partial charge in [0.05, 0.1) is 6.61 Å². The molecule has 0 aromatic heterocycles. The number of nitrogens with zero attached hydrogens (tertiary/aromatic N) is 1. The highest BCUT2D eigenvalue weighted by atomic mass is 79.9. The standard InChI is InChI=1S/C12H18BrNO/c1-3-15-9-8-14(2)10-11-6-4-5-7-12(11)13/h4-7H,3,8-10H2,1-2H3. The van der Waals surface area contributed by atoms with Gasteiger partial charge in [0.15, 0.2) is 0 Å². The molecule has 1 rings (SSSR count). The first kappa shape index (κ1) is 12.7. The number of benzene rings is 1. The van der Waals surface area contributed by atoms with Crippen LogP contribution in [0.15, 0.2) is 28.7 Å². The minimum absolute atomic E-state index is 0.795. The van der Waals surface area contributed by atoms with Crippen LogP contribution in [0.3, 0.4) is 0 Å². The van der Waals surface area contributed by atoms with E-state index in [0.29, 0.717) is 0 Å². The lowest BCUT2D eigenvalue weighted by molar-refractivity contribution is 0.120. The van der Waals surface area contributed by atoms with Gasteiger partial charge in [-0.25, -0.2) is 0 Å². The van der Waals surface area contributed by atoms with Gasteiger partial charge in [0, 0.05) is 24.2 Å². The summed E-state index contributed by atoms with van der Waals surface area (Å²) in [6.45, 7) is 5.54. The molecule has 2 nitrogen and oxygen atoms in total. The van der Waals surface area contributed by atoms with E-state index in [-0.39, 0.29) is 0 Å². The van der Waals surface area contributed by atoms with Crippen molar-refractivity contribution in [1.82, 2.24) is 4.90 Å². The number of rotatable bonds is 6. The molecule has 15 heavy (non-hydrogen) atoms. The van der Waals surface area contributed by atoms with E-state index in [1.807, 2.05) is 13.0 Å². The van der Waals surface area contributed by atoms with Crippen LogP contribution >= 0.6 is 15.9 Å². The van der Waals surface area contributed by atoms with Crippen LogP contribution in [0.1, 0.15) is 12.5 Å². The van der Waals surface area contributed by atoms with Crippen molar-refractivity contribution in [2.24, 2.45) is 0 Å². The van der Waals surface area contributed by atoms with Crippen LogP contribution in [0.5, 0.6) is 0 Å². The van der Waals surface area contributed by atoms with Crippen molar-refractivity contribution >= 4 is 15.9 Å². The van der Waals surface area contributed by atoms with E-state index in [1.54, 1.807) is 0 Å². The Balaban J connectivity index is 2.37. The van der Waals surface area contributed by atoms with Crippen molar-refractivity contribution in [3.63, 3.8) is 0 Å². The van der Waals surface area contributed by atoms with Gasteiger partial charge in [-0.3, -0.25) is 4.90 Å². The van der Waals surface area contributed by atoms with Gasteiger partial charge in [0.2, 0.25) is 0 Å². The lowest BCUT2D eigenvalue weighted by Crippen LogP contribution is -2.22. The number of ether oxygens (including phenoxy) is 1. The second-order valence-corrected chi connectivity index (χ2v) is 4.38. The summed E-state index contributed by atoms with van der Waals surface area (Å²) in [6.07, 6.45) is 0. The number of hydrogen-bond acceptors (Lipinski definition) is 2. The SMILES string of the molecule is CCOCCN(C)Cc1ccccc1Br. The van der Waals surface area contributed by atoms with Crippen molar-refractivity contribution in [2.45, 2.75) is 13.5 Å². The molecule has 0 amide bonds. The van der Waals surface area contributed by atoms with Gasteiger partial charge in [-0.15, -0.1) is 0 Å². The molecule has 0 heterocycles. The molecule has 0 radical (unpaired) electrons. The molecule has 84 valence electrons. The van der Waals surface area contributed by atoms with Crippen LogP contribution in [-0.4, -0.2) is 31.7 Å². The molecule has 0 aliphatic heterocycles. The Kier molecular flexibility index (Phi) is 5.91. The third kappa shape index (κ3) is 4.78. The highest BCUT2D eigenvalue weighted by molar-refractivity contribution is 9.10. The summed E-state index contributed by atoms with van der Waals surface area (Å²) in [5.41, 5.74) is 1.32. The molecule has 0 aliphatic rings. The number of likely N-dealkylation sites (N-methyl/N-ethyl adjacent to an activating group) is 1. The van der Waals surface area contributed by atoms with Crippen LogP contribution in [0, 0.1) is 0 Å². The summed E-state index contributed by atoms with van der Waals surface area (Å²) >= 11 is 3.55. The Morgan fingerprint density at radius 1 is 1.33 bits per heavy atom. The summed E-state index contributed by atoms with van der Waals surface area (Å²) < 4.78 is 6.49. The lowest BCUT2D eigenvalue weighted by Gasteiger charge is -2.17. The molecule has 1 aromatic rings. The predicted molar refractivity (Wildman–Crippen MR) is 67.0 cm³/mol. The van der Waals surface area contributed by atoms with Crippen molar-refractivity contribution in [1.29, 1.82) is 0 Å². The molecule has 0 saturated heterocycles. The topological polar surface area (TPSA) is 12.5 Å². The molecule has 0 N–H and O–H groups in total. The van der Waals surface area contributed by atoms with Gasteiger partial charge < -0.3 is 4.74 Å².